The van der Waals surface area contributed by atoms with E-state index in [9.17, 15) is 31.1 Å². The zero-order valence-electron chi connectivity index (χ0n) is 13.5. The number of halogens is 6. The molecular weight excluding hydrogens is 394 g/mol. The van der Waals surface area contributed by atoms with Gasteiger partial charge in [-0.05, 0) is 18.2 Å². The molecule has 3 aromatic rings. The molecule has 0 spiro atoms. The number of carbonyl (C=O) groups excluding carboxylic acids is 1. The van der Waals surface area contributed by atoms with Gasteiger partial charge in [0.1, 0.15) is 12.2 Å². The second kappa shape index (κ2) is 6.55. The molecule has 2 aromatic heterocycles. The van der Waals surface area contributed by atoms with Crippen LogP contribution in [0.4, 0.5) is 32.3 Å². The molecule has 13 heteroatoms. The number of fused-ring (bicyclic) bond motifs is 1. The number of H-pyrrole nitrogens is 1. The fourth-order valence-corrected chi connectivity index (χ4v) is 2.38. The third-order valence-corrected chi connectivity index (χ3v) is 3.56. The largest absolute Gasteiger partial charge is 0.432 e. The zero-order chi connectivity index (χ0) is 20.7. The summed E-state index contributed by atoms with van der Waals surface area (Å²) in [6.45, 7) is -1.54. The van der Waals surface area contributed by atoms with E-state index in [2.05, 4.69) is 10.1 Å². The SMILES string of the molecule is N#Cc1ccc2nc(NC(=O)c3cc(C(F)(F)F)[nH]n3)n(CC(F)(F)F)c2c1. The highest BCUT2D eigenvalue weighted by Gasteiger charge is 2.34. The number of imidazole rings is 1. The number of nitrogens with one attached hydrogen (secondary N) is 2. The third-order valence-electron chi connectivity index (χ3n) is 3.56. The van der Waals surface area contributed by atoms with Crippen LogP contribution in [-0.4, -0.2) is 31.8 Å². The minimum Gasteiger partial charge on any atom is -0.301 e. The van der Waals surface area contributed by atoms with Crippen molar-refractivity contribution in [3.63, 3.8) is 0 Å². The Morgan fingerprint density at radius 1 is 1.21 bits per heavy atom. The number of aromatic amines is 1. The average molecular weight is 402 g/mol. The minimum atomic E-state index is -4.78. The van der Waals surface area contributed by atoms with Gasteiger partial charge in [0.15, 0.2) is 5.69 Å². The zero-order valence-corrected chi connectivity index (χ0v) is 13.5. The first-order valence-corrected chi connectivity index (χ1v) is 7.39. The molecule has 7 nitrogen and oxygen atoms in total. The van der Waals surface area contributed by atoms with Crippen molar-refractivity contribution in [1.29, 1.82) is 5.26 Å². The number of anilines is 1. The van der Waals surface area contributed by atoms with Crippen LogP contribution in [0.15, 0.2) is 24.3 Å². The van der Waals surface area contributed by atoms with E-state index in [0.29, 0.717) is 10.6 Å². The number of rotatable bonds is 3. The molecule has 0 bridgehead atoms. The summed E-state index contributed by atoms with van der Waals surface area (Å²) in [5.74, 6) is -1.74. The lowest BCUT2D eigenvalue weighted by atomic mass is 10.2. The van der Waals surface area contributed by atoms with Gasteiger partial charge < -0.3 is 4.57 Å². The van der Waals surface area contributed by atoms with Gasteiger partial charge in [-0.1, -0.05) is 0 Å². The smallest absolute Gasteiger partial charge is 0.301 e. The first-order valence-electron chi connectivity index (χ1n) is 7.39. The van der Waals surface area contributed by atoms with Gasteiger partial charge in [-0.15, -0.1) is 0 Å². The lowest BCUT2D eigenvalue weighted by Crippen LogP contribution is -2.22. The fraction of sp³-hybridized carbons (Fsp3) is 0.200. The number of aromatic nitrogens is 4. The van der Waals surface area contributed by atoms with Crippen molar-refractivity contribution in [2.75, 3.05) is 5.32 Å². The maximum atomic E-state index is 12.9. The molecule has 0 aliphatic carbocycles. The Labute approximate surface area is 151 Å². The Bertz CT molecular complexity index is 1090. The van der Waals surface area contributed by atoms with Crippen molar-refractivity contribution in [2.45, 2.75) is 18.9 Å². The van der Waals surface area contributed by atoms with Crippen LogP contribution in [0, 0.1) is 11.3 Å². The molecule has 0 saturated carbocycles. The van der Waals surface area contributed by atoms with Crippen LogP contribution < -0.4 is 5.32 Å². The summed E-state index contributed by atoms with van der Waals surface area (Å²) < 4.78 is 77.2. The van der Waals surface area contributed by atoms with Gasteiger partial charge in [-0.2, -0.15) is 36.7 Å². The second-order valence-electron chi connectivity index (χ2n) is 5.57. The summed E-state index contributed by atoms with van der Waals surface area (Å²) in [5.41, 5.74) is -1.94. The average Bonchev–Trinajstić information content (AvgIpc) is 3.19. The molecule has 0 radical (unpaired) electrons. The molecule has 0 saturated heterocycles. The Balaban J connectivity index is 2.00. The topological polar surface area (TPSA) is 99.4 Å². The number of carbonyl (C=O) groups is 1. The van der Waals surface area contributed by atoms with E-state index in [0.717, 1.165) is 6.07 Å². The van der Waals surface area contributed by atoms with Crippen molar-refractivity contribution in [1.82, 2.24) is 19.7 Å². The third kappa shape index (κ3) is 3.90. The van der Waals surface area contributed by atoms with Gasteiger partial charge in [-0.3, -0.25) is 15.2 Å². The van der Waals surface area contributed by atoms with Gasteiger partial charge in [0.05, 0.1) is 22.7 Å². The van der Waals surface area contributed by atoms with Crippen molar-refractivity contribution < 1.29 is 31.1 Å². The highest BCUT2D eigenvalue weighted by molar-refractivity contribution is 6.02. The molecule has 146 valence electrons. The number of nitriles is 1. The second-order valence-corrected chi connectivity index (χ2v) is 5.57. The summed E-state index contributed by atoms with van der Waals surface area (Å²) in [6.07, 6.45) is -9.46. The van der Waals surface area contributed by atoms with E-state index in [4.69, 9.17) is 5.26 Å². The van der Waals surface area contributed by atoms with Gasteiger partial charge in [-0.25, -0.2) is 4.98 Å². The predicted molar refractivity (Wildman–Crippen MR) is 82.0 cm³/mol. The maximum absolute atomic E-state index is 12.9. The molecule has 0 atom stereocenters. The van der Waals surface area contributed by atoms with Crippen LogP contribution in [0.1, 0.15) is 21.7 Å². The Morgan fingerprint density at radius 2 is 1.93 bits per heavy atom. The van der Waals surface area contributed by atoms with Crippen LogP contribution >= 0.6 is 0 Å². The minimum absolute atomic E-state index is 0.0524. The van der Waals surface area contributed by atoms with Crippen LogP contribution in [0.25, 0.3) is 11.0 Å². The quantitative estimate of drug-likeness (QED) is 0.656. The molecule has 0 aliphatic rings. The lowest BCUT2D eigenvalue weighted by molar-refractivity contribution is -0.141. The van der Waals surface area contributed by atoms with E-state index in [1.807, 2.05) is 5.32 Å². The number of benzene rings is 1. The Hall–Kier alpha value is -3.56. The highest BCUT2D eigenvalue weighted by Crippen LogP contribution is 2.29. The fourth-order valence-electron chi connectivity index (χ4n) is 2.38. The molecule has 0 aliphatic heterocycles. The van der Waals surface area contributed by atoms with Gasteiger partial charge in [0.2, 0.25) is 5.95 Å². The molecule has 1 aromatic carbocycles. The number of nitrogens with zero attached hydrogens (tertiary/aromatic N) is 4. The predicted octanol–water partition coefficient (Wildman–Crippen LogP) is 3.46. The van der Waals surface area contributed by atoms with Crippen molar-refractivity contribution >= 4 is 22.9 Å². The maximum Gasteiger partial charge on any atom is 0.432 e. The molecule has 3 rings (SSSR count). The van der Waals surface area contributed by atoms with E-state index < -0.39 is 42.1 Å². The number of alkyl halides is 6. The highest BCUT2D eigenvalue weighted by atomic mass is 19.4. The summed E-state index contributed by atoms with van der Waals surface area (Å²) in [6, 6.07) is 5.95. The van der Waals surface area contributed by atoms with Crippen LogP contribution in [-0.2, 0) is 12.7 Å². The molecule has 0 fully saturated rings. The van der Waals surface area contributed by atoms with E-state index in [-0.39, 0.29) is 16.6 Å². The lowest BCUT2D eigenvalue weighted by Gasteiger charge is -2.12. The molecule has 0 unspecified atom stereocenters. The van der Waals surface area contributed by atoms with Gasteiger partial charge >= 0.3 is 12.4 Å². The summed E-state index contributed by atoms with van der Waals surface area (Å²) in [4.78, 5) is 16.0. The van der Waals surface area contributed by atoms with E-state index in [1.54, 1.807) is 11.2 Å². The molecule has 28 heavy (non-hydrogen) atoms. The van der Waals surface area contributed by atoms with E-state index >= 15 is 0 Å². The van der Waals surface area contributed by atoms with Gasteiger partial charge in [0.25, 0.3) is 5.91 Å². The normalized spacial score (nSPS) is 12.2. The van der Waals surface area contributed by atoms with Crippen molar-refractivity contribution in [3.8, 4) is 6.07 Å². The van der Waals surface area contributed by atoms with E-state index in [1.165, 1.54) is 12.1 Å². The van der Waals surface area contributed by atoms with Crippen molar-refractivity contribution in [3.05, 3.63) is 41.2 Å². The summed E-state index contributed by atoms with van der Waals surface area (Å²) in [5, 5.41) is 15.8. The molecule has 2 heterocycles. The number of hydrogen-bond acceptors (Lipinski definition) is 4. The molecular formula is C15H8F6N6O. The molecule has 2 N–H and O–H groups in total. The Morgan fingerprint density at radius 3 is 2.50 bits per heavy atom. The van der Waals surface area contributed by atoms with Crippen LogP contribution in [0.5, 0.6) is 0 Å². The standard InChI is InChI=1S/C15H8F6N6O/c16-14(17,18)6-27-10-3-7(5-22)1-2-8(10)23-13(27)24-12(28)9-4-11(26-25-9)15(19,20)21/h1-4H,6H2,(H,25,26)(H,23,24,28). The number of hydrogen-bond donors (Lipinski definition) is 2. The summed E-state index contributed by atoms with van der Waals surface area (Å²) >= 11 is 0. The first-order chi connectivity index (χ1) is 13.0. The monoisotopic (exact) mass is 402 g/mol. The number of amides is 1. The Kier molecular flexibility index (Phi) is 4.50. The molecule has 1 amide bonds. The van der Waals surface area contributed by atoms with Gasteiger partial charge in [0, 0.05) is 6.07 Å². The summed E-state index contributed by atoms with van der Waals surface area (Å²) in [7, 11) is 0. The first kappa shape index (κ1) is 19.2. The van der Waals surface area contributed by atoms with Crippen molar-refractivity contribution in [2.24, 2.45) is 0 Å². The van der Waals surface area contributed by atoms with Crippen LogP contribution in [0.2, 0.25) is 0 Å². The van der Waals surface area contributed by atoms with Crippen LogP contribution in [0.3, 0.4) is 0 Å².